The van der Waals surface area contributed by atoms with Gasteiger partial charge in [0.1, 0.15) is 6.17 Å². The first kappa shape index (κ1) is 6.15. The predicted molar refractivity (Wildman–Crippen MR) is 33.9 cm³/mol. The van der Waals surface area contributed by atoms with Crippen molar-refractivity contribution in [3.8, 4) is 0 Å². The molecule has 0 spiro atoms. The molecule has 0 aromatic heterocycles. The summed E-state index contributed by atoms with van der Waals surface area (Å²) in [5.74, 6) is 0. The largest absolute Gasteiger partial charge is 0.292 e. The Morgan fingerprint density at radius 3 is 3.22 bits per heavy atom. The molecule has 0 aromatic rings. The lowest BCUT2D eigenvalue weighted by molar-refractivity contribution is 0.516. The Morgan fingerprint density at radius 1 is 1.78 bits per heavy atom. The Kier molecular flexibility index (Phi) is 2.14. The Bertz CT molecular complexity index is 129. The summed E-state index contributed by atoms with van der Waals surface area (Å²) in [7, 11) is 0. The van der Waals surface area contributed by atoms with Crippen molar-refractivity contribution >= 4 is 6.21 Å². The lowest BCUT2D eigenvalue weighted by Crippen LogP contribution is -2.41. The highest BCUT2D eigenvalue weighted by atomic mass is 15.6. The zero-order chi connectivity index (χ0) is 6.53. The van der Waals surface area contributed by atoms with Crippen LogP contribution in [-0.2, 0) is 0 Å². The van der Waals surface area contributed by atoms with Gasteiger partial charge in [0.15, 0.2) is 0 Å². The average molecular weight is 127 g/mol. The minimum atomic E-state index is 0.0486. The third-order valence-corrected chi connectivity index (χ3v) is 0.933. The summed E-state index contributed by atoms with van der Waals surface area (Å²) in [6.45, 7) is 2.90. The van der Waals surface area contributed by atoms with E-state index in [1.54, 1.807) is 6.21 Å². The van der Waals surface area contributed by atoms with Crippen LogP contribution >= 0.6 is 0 Å². The number of nitrogens with zero attached hydrogens (tertiary/aromatic N) is 3. The van der Waals surface area contributed by atoms with Gasteiger partial charge < -0.3 is 0 Å². The van der Waals surface area contributed by atoms with Crippen LogP contribution in [0, 0.1) is 0 Å². The molecule has 5 nitrogen and oxygen atoms in total. The normalized spacial score (nSPS) is 23.9. The maximum absolute atomic E-state index is 3.59. The fourth-order valence-corrected chi connectivity index (χ4v) is 0.562. The molecule has 0 bridgehead atoms. The number of hydrogen-bond donors (Lipinski definition) is 2. The fourth-order valence-electron chi connectivity index (χ4n) is 0.562. The van der Waals surface area contributed by atoms with Crippen LogP contribution in [0.25, 0.3) is 0 Å². The Hall–Kier alpha value is -0.970. The first-order chi connectivity index (χ1) is 4.43. The van der Waals surface area contributed by atoms with E-state index in [0.717, 1.165) is 6.54 Å². The van der Waals surface area contributed by atoms with Crippen LogP contribution < -0.4 is 10.7 Å². The lowest BCUT2D eigenvalue weighted by atomic mass is 10.5. The predicted octanol–water partition coefficient (Wildman–Crippen LogP) is -0.122. The molecule has 50 valence electrons. The van der Waals surface area contributed by atoms with Crippen molar-refractivity contribution in [2.45, 2.75) is 13.1 Å². The van der Waals surface area contributed by atoms with Gasteiger partial charge in [-0.2, -0.15) is 0 Å². The Morgan fingerprint density at radius 2 is 2.67 bits per heavy atom. The Labute approximate surface area is 53.2 Å². The molecule has 0 aliphatic carbocycles. The first-order valence-corrected chi connectivity index (χ1v) is 2.85. The molecule has 0 saturated heterocycles. The van der Waals surface area contributed by atoms with Gasteiger partial charge in [-0.3, -0.25) is 10.7 Å². The molecule has 0 fully saturated rings. The van der Waals surface area contributed by atoms with Crippen molar-refractivity contribution in [2.24, 2.45) is 15.5 Å². The van der Waals surface area contributed by atoms with Gasteiger partial charge in [-0.25, -0.2) is 0 Å². The van der Waals surface area contributed by atoms with Crippen molar-refractivity contribution in [3.63, 3.8) is 0 Å². The van der Waals surface area contributed by atoms with Gasteiger partial charge in [0.25, 0.3) is 0 Å². The van der Waals surface area contributed by atoms with Gasteiger partial charge in [-0.05, 0) is 11.8 Å². The summed E-state index contributed by atoms with van der Waals surface area (Å²) in [4.78, 5) is 0. The summed E-state index contributed by atoms with van der Waals surface area (Å²) in [6, 6.07) is 0. The standard InChI is InChI=1S/C4H9N5/c1-2-5-4-3-6-8-9-7-4/h3-5H,2H2,1H3,(H,7,8). The Balaban J connectivity index is 2.28. The molecule has 1 aliphatic heterocycles. The van der Waals surface area contributed by atoms with E-state index in [9.17, 15) is 0 Å². The molecule has 0 saturated carbocycles. The van der Waals surface area contributed by atoms with E-state index < -0.39 is 0 Å². The zero-order valence-corrected chi connectivity index (χ0v) is 5.20. The summed E-state index contributed by atoms with van der Waals surface area (Å²) >= 11 is 0. The molecular formula is C4H9N5. The maximum atomic E-state index is 3.59. The minimum Gasteiger partial charge on any atom is -0.292 e. The third-order valence-electron chi connectivity index (χ3n) is 0.933. The van der Waals surface area contributed by atoms with E-state index in [-0.39, 0.29) is 6.17 Å². The topological polar surface area (TPSA) is 61.1 Å². The number of nitrogens with one attached hydrogen (secondary N) is 2. The highest BCUT2D eigenvalue weighted by molar-refractivity contribution is 5.63. The zero-order valence-electron chi connectivity index (χ0n) is 5.20. The molecule has 9 heavy (non-hydrogen) atoms. The molecule has 0 amide bonds. The average Bonchev–Trinajstić information content (AvgIpc) is 1.91. The summed E-state index contributed by atoms with van der Waals surface area (Å²) in [5, 5.41) is 13.5. The second-order valence-electron chi connectivity index (χ2n) is 1.62. The van der Waals surface area contributed by atoms with Crippen LogP contribution in [0.2, 0.25) is 0 Å². The van der Waals surface area contributed by atoms with E-state index >= 15 is 0 Å². The van der Waals surface area contributed by atoms with Crippen LogP contribution in [0.5, 0.6) is 0 Å². The third kappa shape index (κ3) is 1.77. The molecule has 1 heterocycles. The van der Waals surface area contributed by atoms with Crippen LogP contribution in [0.1, 0.15) is 6.92 Å². The van der Waals surface area contributed by atoms with Crippen molar-refractivity contribution in [1.29, 1.82) is 0 Å². The molecule has 1 unspecified atom stereocenters. The monoisotopic (exact) mass is 127 g/mol. The van der Waals surface area contributed by atoms with E-state index in [0.29, 0.717) is 0 Å². The lowest BCUT2D eigenvalue weighted by Gasteiger charge is -2.11. The van der Waals surface area contributed by atoms with E-state index in [1.807, 2.05) is 6.92 Å². The van der Waals surface area contributed by atoms with Crippen molar-refractivity contribution in [1.82, 2.24) is 10.7 Å². The minimum absolute atomic E-state index is 0.0486. The van der Waals surface area contributed by atoms with Gasteiger partial charge in [0, 0.05) is 0 Å². The van der Waals surface area contributed by atoms with E-state index in [4.69, 9.17) is 0 Å². The molecule has 0 aromatic carbocycles. The van der Waals surface area contributed by atoms with E-state index in [1.165, 1.54) is 0 Å². The van der Waals surface area contributed by atoms with Gasteiger partial charge in [0.05, 0.1) is 6.21 Å². The molecule has 1 aliphatic rings. The highest BCUT2D eigenvalue weighted by Crippen LogP contribution is 1.83. The maximum Gasteiger partial charge on any atom is 0.133 e. The van der Waals surface area contributed by atoms with Gasteiger partial charge in [0.2, 0.25) is 0 Å². The smallest absolute Gasteiger partial charge is 0.133 e. The molecule has 2 N–H and O–H groups in total. The second kappa shape index (κ2) is 3.13. The quantitative estimate of drug-likeness (QED) is 0.543. The molecule has 0 radical (unpaired) electrons. The van der Waals surface area contributed by atoms with Crippen LogP contribution in [0.3, 0.4) is 0 Å². The van der Waals surface area contributed by atoms with Crippen LogP contribution in [-0.4, -0.2) is 18.9 Å². The highest BCUT2D eigenvalue weighted by Gasteiger charge is 2.01. The molecule has 1 rings (SSSR count). The first-order valence-electron chi connectivity index (χ1n) is 2.85. The van der Waals surface area contributed by atoms with Crippen molar-refractivity contribution in [2.75, 3.05) is 6.54 Å². The van der Waals surface area contributed by atoms with Gasteiger partial charge >= 0.3 is 0 Å². The molecule has 5 heteroatoms. The summed E-state index contributed by atoms with van der Waals surface area (Å²) < 4.78 is 0. The number of rotatable bonds is 2. The second-order valence-corrected chi connectivity index (χ2v) is 1.62. The summed E-state index contributed by atoms with van der Waals surface area (Å²) in [5.41, 5.74) is 2.72. The van der Waals surface area contributed by atoms with Gasteiger partial charge in [-0.15, -0.1) is 5.10 Å². The fraction of sp³-hybridized carbons (Fsp3) is 0.750. The molecule has 1 atom stereocenters. The van der Waals surface area contributed by atoms with E-state index in [2.05, 4.69) is 26.3 Å². The van der Waals surface area contributed by atoms with Crippen LogP contribution in [0.4, 0.5) is 0 Å². The number of hydrogen-bond acceptors (Lipinski definition) is 5. The van der Waals surface area contributed by atoms with Gasteiger partial charge in [-0.1, -0.05) is 12.1 Å². The van der Waals surface area contributed by atoms with Crippen molar-refractivity contribution < 1.29 is 0 Å². The van der Waals surface area contributed by atoms with Crippen LogP contribution in [0.15, 0.2) is 15.5 Å². The molecular weight excluding hydrogens is 118 g/mol. The van der Waals surface area contributed by atoms with Crippen molar-refractivity contribution in [3.05, 3.63) is 0 Å². The summed E-state index contributed by atoms with van der Waals surface area (Å²) in [6.07, 6.45) is 1.71. The SMILES string of the molecule is CCNC1C=NN=NN1.